The Balaban J connectivity index is 1.49. The molecule has 0 saturated carbocycles. The third kappa shape index (κ3) is 5.90. The van der Waals surface area contributed by atoms with E-state index in [-0.39, 0.29) is 11.0 Å². The largest absolute Gasteiger partial charge is 0.495 e. The number of amides is 1. The molecule has 3 aromatic carbocycles. The lowest BCUT2D eigenvalue weighted by Crippen LogP contribution is -2.34. The molecule has 8 heteroatoms. The SMILES string of the molecule is CCCCOc1ccc(C(=O)NC(=S)Nc2cc(-c3cc4ccccc4oc3=O)ccc2OC)cc1. The van der Waals surface area contributed by atoms with E-state index in [1.807, 2.05) is 18.2 Å². The van der Waals surface area contributed by atoms with Gasteiger partial charge >= 0.3 is 5.63 Å². The maximum Gasteiger partial charge on any atom is 0.344 e. The van der Waals surface area contributed by atoms with Gasteiger partial charge in [0.2, 0.25) is 0 Å². The average Bonchev–Trinajstić information content (AvgIpc) is 2.88. The number of carbonyl (C=O) groups excluding carboxylic acids is 1. The number of hydrogen-bond acceptors (Lipinski definition) is 6. The van der Waals surface area contributed by atoms with Crippen LogP contribution in [0.2, 0.25) is 0 Å². The molecular weight excluding hydrogens is 476 g/mol. The van der Waals surface area contributed by atoms with E-state index in [9.17, 15) is 9.59 Å². The number of ether oxygens (including phenoxy) is 2. The van der Waals surface area contributed by atoms with Gasteiger partial charge in [0.25, 0.3) is 5.91 Å². The minimum atomic E-state index is -0.456. The number of unbranched alkanes of at least 4 members (excludes halogenated alkanes) is 1. The maximum absolute atomic E-state index is 12.7. The van der Waals surface area contributed by atoms with Gasteiger partial charge in [-0.05, 0) is 72.7 Å². The second-order valence-corrected chi connectivity index (χ2v) is 8.44. The normalized spacial score (nSPS) is 10.6. The van der Waals surface area contributed by atoms with Gasteiger partial charge in [0.15, 0.2) is 5.11 Å². The monoisotopic (exact) mass is 502 g/mol. The minimum Gasteiger partial charge on any atom is -0.495 e. The Morgan fingerprint density at radius 3 is 2.56 bits per heavy atom. The number of para-hydroxylation sites is 1. The highest BCUT2D eigenvalue weighted by molar-refractivity contribution is 7.80. The van der Waals surface area contributed by atoms with Crippen LogP contribution in [-0.2, 0) is 0 Å². The third-order valence-corrected chi connectivity index (χ3v) is 5.71. The van der Waals surface area contributed by atoms with Gasteiger partial charge in [0, 0.05) is 10.9 Å². The third-order valence-electron chi connectivity index (χ3n) is 5.51. The van der Waals surface area contributed by atoms with Crippen LogP contribution in [0.1, 0.15) is 30.1 Å². The highest BCUT2D eigenvalue weighted by atomic mass is 32.1. The lowest BCUT2D eigenvalue weighted by molar-refractivity contribution is 0.0977. The molecule has 184 valence electrons. The predicted octanol–water partition coefficient (Wildman–Crippen LogP) is 5.77. The van der Waals surface area contributed by atoms with Crippen LogP contribution in [0.3, 0.4) is 0 Å². The summed E-state index contributed by atoms with van der Waals surface area (Å²) in [7, 11) is 1.52. The first-order chi connectivity index (χ1) is 17.5. The summed E-state index contributed by atoms with van der Waals surface area (Å²) in [5, 5.41) is 6.55. The van der Waals surface area contributed by atoms with Crippen LogP contribution in [0.4, 0.5) is 5.69 Å². The van der Waals surface area contributed by atoms with Crippen molar-refractivity contribution in [1.29, 1.82) is 0 Å². The number of rotatable bonds is 8. The molecule has 1 heterocycles. The summed E-state index contributed by atoms with van der Waals surface area (Å²) >= 11 is 5.36. The van der Waals surface area contributed by atoms with E-state index in [1.165, 1.54) is 7.11 Å². The first-order valence-electron chi connectivity index (χ1n) is 11.5. The smallest absolute Gasteiger partial charge is 0.344 e. The summed E-state index contributed by atoms with van der Waals surface area (Å²) in [4.78, 5) is 25.3. The number of carbonyl (C=O) groups is 1. The minimum absolute atomic E-state index is 0.0873. The zero-order valence-electron chi connectivity index (χ0n) is 20.0. The van der Waals surface area contributed by atoms with E-state index in [0.29, 0.717) is 46.1 Å². The number of thiocarbonyl (C=S) groups is 1. The van der Waals surface area contributed by atoms with E-state index in [4.69, 9.17) is 26.1 Å². The summed E-state index contributed by atoms with van der Waals surface area (Å²) in [5.41, 5.74) is 2.01. The molecule has 0 fully saturated rings. The second kappa shape index (κ2) is 11.5. The topological polar surface area (TPSA) is 89.8 Å². The van der Waals surface area contributed by atoms with Gasteiger partial charge in [0.1, 0.15) is 17.1 Å². The van der Waals surface area contributed by atoms with E-state index >= 15 is 0 Å². The number of fused-ring (bicyclic) bond motifs is 1. The number of anilines is 1. The standard InChI is InChI=1S/C28H26N2O5S/c1-3-4-15-34-21-12-9-18(10-13-21)26(31)30-28(36)29-23-17-19(11-14-25(23)33-2)22-16-20-7-5-6-8-24(20)35-27(22)32/h5-14,16-17H,3-4,15H2,1-2H3,(H2,29,30,31,36). The molecule has 2 N–H and O–H groups in total. The zero-order valence-corrected chi connectivity index (χ0v) is 20.8. The second-order valence-electron chi connectivity index (χ2n) is 8.04. The Morgan fingerprint density at radius 1 is 1.03 bits per heavy atom. The van der Waals surface area contributed by atoms with Crippen LogP contribution in [-0.4, -0.2) is 24.7 Å². The van der Waals surface area contributed by atoms with Crippen molar-refractivity contribution >= 4 is 39.9 Å². The highest BCUT2D eigenvalue weighted by Gasteiger charge is 2.14. The Morgan fingerprint density at radius 2 is 1.81 bits per heavy atom. The van der Waals surface area contributed by atoms with Crippen LogP contribution in [0.15, 0.2) is 82.0 Å². The first kappa shape index (κ1) is 24.9. The Kier molecular flexibility index (Phi) is 7.97. The summed E-state index contributed by atoms with van der Waals surface area (Å²) < 4.78 is 16.5. The van der Waals surface area contributed by atoms with Gasteiger partial charge in [-0.3, -0.25) is 10.1 Å². The molecule has 0 aliphatic heterocycles. The number of methoxy groups -OCH3 is 1. The molecule has 0 unspecified atom stereocenters. The lowest BCUT2D eigenvalue weighted by atomic mass is 10.0. The fourth-order valence-corrected chi connectivity index (χ4v) is 3.80. The molecule has 0 aliphatic rings. The Labute approximate surface area is 214 Å². The Bertz CT molecular complexity index is 1450. The van der Waals surface area contributed by atoms with Crippen molar-refractivity contribution in [2.75, 3.05) is 19.0 Å². The van der Waals surface area contributed by atoms with Crippen molar-refractivity contribution in [2.45, 2.75) is 19.8 Å². The van der Waals surface area contributed by atoms with E-state index in [2.05, 4.69) is 17.6 Å². The highest BCUT2D eigenvalue weighted by Crippen LogP contribution is 2.30. The molecule has 36 heavy (non-hydrogen) atoms. The molecule has 4 rings (SSSR count). The summed E-state index contributed by atoms with van der Waals surface area (Å²) in [6, 6.07) is 21.2. The maximum atomic E-state index is 12.7. The molecule has 0 spiro atoms. The van der Waals surface area contributed by atoms with Crippen molar-refractivity contribution in [3.8, 4) is 22.6 Å². The molecular formula is C28H26N2O5S. The van der Waals surface area contributed by atoms with Crippen LogP contribution in [0.25, 0.3) is 22.1 Å². The lowest BCUT2D eigenvalue weighted by Gasteiger charge is -2.14. The first-order valence-corrected chi connectivity index (χ1v) is 12.0. The van der Waals surface area contributed by atoms with Crippen molar-refractivity contribution in [3.05, 3.63) is 88.8 Å². The average molecular weight is 503 g/mol. The van der Waals surface area contributed by atoms with Gasteiger partial charge in [-0.25, -0.2) is 4.79 Å². The predicted molar refractivity (Wildman–Crippen MR) is 145 cm³/mol. The summed E-state index contributed by atoms with van der Waals surface area (Å²) in [6.07, 6.45) is 2.02. The van der Waals surface area contributed by atoms with Gasteiger partial charge in [-0.2, -0.15) is 0 Å². The van der Waals surface area contributed by atoms with Crippen LogP contribution < -0.4 is 25.7 Å². The van der Waals surface area contributed by atoms with Crippen LogP contribution >= 0.6 is 12.2 Å². The summed E-state index contributed by atoms with van der Waals surface area (Å²) in [6.45, 7) is 2.73. The molecule has 1 amide bonds. The van der Waals surface area contributed by atoms with Crippen LogP contribution in [0, 0.1) is 0 Å². The van der Waals surface area contributed by atoms with Gasteiger partial charge in [-0.15, -0.1) is 0 Å². The van der Waals surface area contributed by atoms with E-state index in [1.54, 1.807) is 54.6 Å². The fraction of sp³-hybridized carbons (Fsp3) is 0.179. The molecule has 0 saturated heterocycles. The molecule has 0 atom stereocenters. The molecule has 0 radical (unpaired) electrons. The van der Waals surface area contributed by atoms with Gasteiger partial charge in [-0.1, -0.05) is 37.6 Å². The summed E-state index contributed by atoms with van der Waals surface area (Å²) in [5.74, 6) is 0.840. The molecule has 0 bridgehead atoms. The van der Waals surface area contributed by atoms with Gasteiger partial charge in [0.05, 0.1) is 25.0 Å². The molecule has 4 aromatic rings. The van der Waals surface area contributed by atoms with Crippen molar-refractivity contribution in [2.24, 2.45) is 0 Å². The Hall–Kier alpha value is -4.17. The van der Waals surface area contributed by atoms with E-state index in [0.717, 1.165) is 18.2 Å². The zero-order chi connectivity index (χ0) is 25.5. The van der Waals surface area contributed by atoms with Gasteiger partial charge < -0.3 is 19.2 Å². The molecule has 7 nitrogen and oxygen atoms in total. The van der Waals surface area contributed by atoms with Crippen molar-refractivity contribution in [3.63, 3.8) is 0 Å². The molecule has 0 aliphatic carbocycles. The van der Waals surface area contributed by atoms with E-state index < -0.39 is 5.63 Å². The van der Waals surface area contributed by atoms with Crippen molar-refractivity contribution < 1.29 is 18.7 Å². The number of hydrogen-bond donors (Lipinski definition) is 2. The fourth-order valence-electron chi connectivity index (χ4n) is 3.60. The quantitative estimate of drug-likeness (QED) is 0.179. The van der Waals surface area contributed by atoms with Crippen LogP contribution in [0.5, 0.6) is 11.5 Å². The number of benzene rings is 3. The van der Waals surface area contributed by atoms with Crippen molar-refractivity contribution in [1.82, 2.24) is 5.32 Å². The number of nitrogens with one attached hydrogen (secondary N) is 2. The molecule has 1 aromatic heterocycles.